The fraction of sp³-hybridized carbons (Fsp3) is 0.500. The topological polar surface area (TPSA) is 28.5 Å². The van der Waals surface area contributed by atoms with Crippen LogP contribution in [0.2, 0.25) is 0 Å². The molecule has 0 aliphatic carbocycles. The SMILES string of the molecule is C[C@@H](NC(=S)NCCC[NH+](C)C)c1ccc(F)cc1. The minimum Gasteiger partial charge on any atom is -0.362 e. The first-order valence-electron chi connectivity index (χ1n) is 6.58. The molecule has 0 heterocycles. The smallest absolute Gasteiger partial charge is 0.166 e. The molecule has 0 spiro atoms. The van der Waals surface area contributed by atoms with Crippen LogP contribution in [0.1, 0.15) is 24.9 Å². The van der Waals surface area contributed by atoms with E-state index < -0.39 is 0 Å². The third-order valence-corrected chi connectivity index (χ3v) is 3.12. The Kier molecular flexibility index (Phi) is 6.73. The molecular formula is C14H23FN3S+. The van der Waals surface area contributed by atoms with Crippen LogP contribution in [-0.2, 0) is 0 Å². The lowest BCUT2D eigenvalue weighted by Crippen LogP contribution is -3.05. The van der Waals surface area contributed by atoms with Gasteiger partial charge in [-0.3, -0.25) is 0 Å². The van der Waals surface area contributed by atoms with Gasteiger partial charge in [0.15, 0.2) is 5.11 Å². The van der Waals surface area contributed by atoms with E-state index in [1.165, 1.54) is 17.0 Å². The van der Waals surface area contributed by atoms with Crippen LogP contribution in [0.5, 0.6) is 0 Å². The van der Waals surface area contributed by atoms with Crippen LogP contribution in [0, 0.1) is 5.82 Å². The summed E-state index contributed by atoms with van der Waals surface area (Å²) < 4.78 is 12.8. The molecule has 3 N–H and O–H groups in total. The quantitative estimate of drug-likeness (QED) is 0.535. The predicted octanol–water partition coefficient (Wildman–Crippen LogP) is 0.885. The number of hydrogen-bond donors (Lipinski definition) is 3. The second-order valence-electron chi connectivity index (χ2n) is 4.98. The average Bonchev–Trinajstić information content (AvgIpc) is 2.35. The molecular weight excluding hydrogens is 261 g/mol. The van der Waals surface area contributed by atoms with Crippen molar-refractivity contribution in [1.82, 2.24) is 10.6 Å². The van der Waals surface area contributed by atoms with Crippen molar-refractivity contribution in [3.05, 3.63) is 35.6 Å². The van der Waals surface area contributed by atoms with Crippen LogP contribution in [0.15, 0.2) is 24.3 Å². The van der Waals surface area contributed by atoms with E-state index in [-0.39, 0.29) is 11.9 Å². The monoisotopic (exact) mass is 284 g/mol. The summed E-state index contributed by atoms with van der Waals surface area (Å²) in [6.45, 7) is 3.99. The van der Waals surface area contributed by atoms with E-state index in [9.17, 15) is 4.39 Å². The zero-order chi connectivity index (χ0) is 14.3. The molecule has 0 aromatic heterocycles. The standard InChI is InChI=1S/C14H22FN3S/c1-11(12-5-7-13(15)8-6-12)17-14(19)16-9-4-10-18(2)3/h5-8,11H,4,9-10H2,1-3H3,(H2,16,17,19)/p+1/t11-/m1/s1. The normalized spacial score (nSPS) is 12.3. The molecule has 0 fully saturated rings. The van der Waals surface area contributed by atoms with Crippen molar-refractivity contribution in [2.24, 2.45) is 0 Å². The first-order chi connectivity index (χ1) is 8.99. The molecule has 3 nitrogen and oxygen atoms in total. The van der Waals surface area contributed by atoms with Crippen molar-refractivity contribution in [2.45, 2.75) is 19.4 Å². The lowest BCUT2D eigenvalue weighted by atomic mass is 10.1. The minimum atomic E-state index is -0.220. The number of quaternary nitrogens is 1. The van der Waals surface area contributed by atoms with Gasteiger partial charge in [-0.1, -0.05) is 12.1 Å². The van der Waals surface area contributed by atoms with Gasteiger partial charge in [0.2, 0.25) is 0 Å². The second-order valence-corrected chi connectivity index (χ2v) is 5.39. The summed E-state index contributed by atoms with van der Waals surface area (Å²) in [6, 6.07) is 6.53. The van der Waals surface area contributed by atoms with Gasteiger partial charge in [0.1, 0.15) is 5.82 Å². The summed E-state index contributed by atoms with van der Waals surface area (Å²) in [5.74, 6) is -0.220. The van der Waals surface area contributed by atoms with Gasteiger partial charge in [-0.25, -0.2) is 4.39 Å². The van der Waals surface area contributed by atoms with Gasteiger partial charge in [-0.05, 0) is 36.8 Å². The highest BCUT2D eigenvalue weighted by Gasteiger charge is 2.06. The van der Waals surface area contributed by atoms with Crippen molar-refractivity contribution in [1.29, 1.82) is 0 Å². The Morgan fingerprint density at radius 2 is 1.95 bits per heavy atom. The third-order valence-electron chi connectivity index (χ3n) is 2.86. The van der Waals surface area contributed by atoms with Crippen molar-refractivity contribution in [3.63, 3.8) is 0 Å². The van der Waals surface area contributed by atoms with Crippen LogP contribution in [-0.4, -0.2) is 32.3 Å². The van der Waals surface area contributed by atoms with E-state index >= 15 is 0 Å². The Bertz CT molecular complexity index is 392. The van der Waals surface area contributed by atoms with E-state index in [0.29, 0.717) is 5.11 Å². The number of rotatable bonds is 6. The van der Waals surface area contributed by atoms with Gasteiger partial charge in [-0.15, -0.1) is 0 Å². The fourth-order valence-electron chi connectivity index (χ4n) is 1.73. The molecule has 1 aromatic carbocycles. The maximum atomic E-state index is 12.8. The highest BCUT2D eigenvalue weighted by molar-refractivity contribution is 7.80. The Hall–Kier alpha value is -1.20. The summed E-state index contributed by atoms with van der Waals surface area (Å²) in [7, 11) is 4.26. The van der Waals surface area contributed by atoms with E-state index in [4.69, 9.17) is 12.2 Å². The molecule has 1 aromatic rings. The van der Waals surface area contributed by atoms with Crippen molar-refractivity contribution in [2.75, 3.05) is 27.2 Å². The minimum absolute atomic E-state index is 0.0695. The lowest BCUT2D eigenvalue weighted by Gasteiger charge is -2.17. The van der Waals surface area contributed by atoms with Crippen molar-refractivity contribution >= 4 is 17.3 Å². The number of hydrogen-bond acceptors (Lipinski definition) is 1. The summed E-state index contributed by atoms with van der Waals surface area (Å²) >= 11 is 5.23. The molecule has 1 rings (SSSR count). The summed E-state index contributed by atoms with van der Waals surface area (Å²) in [4.78, 5) is 1.43. The Morgan fingerprint density at radius 3 is 2.53 bits per heavy atom. The van der Waals surface area contributed by atoms with Gasteiger partial charge in [-0.2, -0.15) is 0 Å². The van der Waals surface area contributed by atoms with Crippen LogP contribution < -0.4 is 15.5 Å². The molecule has 0 amide bonds. The molecule has 1 atom stereocenters. The van der Waals surface area contributed by atoms with Crippen LogP contribution in [0.4, 0.5) is 4.39 Å². The molecule has 0 radical (unpaired) electrons. The van der Waals surface area contributed by atoms with Crippen LogP contribution >= 0.6 is 12.2 Å². The first-order valence-corrected chi connectivity index (χ1v) is 6.98. The fourth-order valence-corrected chi connectivity index (χ4v) is 2.01. The molecule has 0 bridgehead atoms. The summed E-state index contributed by atoms with van der Waals surface area (Å²) in [5, 5.41) is 7.02. The van der Waals surface area contributed by atoms with Gasteiger partial charge < -0.3 is 15.5 Å². The molecule has 0 aliphatic rings. The Labute approximate surface area is 120 Å². The Morgan fingerprint density at radius 1 is 1.32 bits per heavy atom. The van der Waals surface area contributed by atoms with E-state index in [2.05, 4.69) is 24.7 Å². The number of thiocarbonyl (C=S) groups is 1. The highest BCUT2D eigenvalue weighted by Crippen LogP contribution is 2.12. The number of nitrogens with one attached hydrogen (secondary N) is 3. The second kappa shape index (κ2) is 8.07. The van der Waals surface area contributed by atoms with Gasteiger partial charge >= 0.3 is 0 Å². The van der Waals surface area contributed by atoms with E-state index in [1.807, 2.05) is 6.92 Å². The average molecular weight is 284 g/mol. The zero-order valence-corrected chi connectivity index (χ0v) is 12.6. The zero-order valence-electron chi connectivity index (χ0n) is 11.8. The lowest BCUT2D eigenvalue weighted by molar-refractivity contribution is -0.858. The molecule has 0 saturated carbocycles. The van der Waals surface area contributed by atoms with E-state index in [0.717, 1.165) is 25.1 Å². The van der Waals surface area contributed by atoms with Gasteiger partial charge in [0, 0.05) is 13.0 Å². The van der Waals surface area contributed by atoms with Gasteiger partial charge in [0.25, 0.3) is 0 Å². The van der Waals surface area contributed by atoms with Crippen molar-refractivity contribution in [3.8, 4) is 0 Å². The first kappa shape index (κ1) is 15.9. The summed E-state index contributed by atoms with van der Waals surface area (Å²) in [5.41, 5.74) is 1.02. The number of benzene rings is 1. The van der Waals surface area contributed by atoms with Gasteiger partial charge in [0.05, 0.1) is 26.7 Å². The predicted molar refractivity (Wildman–Crippen MR) is 80.8 cm³/mol. The maximum absolute atomic E-state index is 12.8. The molecule has 19 heavy (non-hydrogen) atoms. The highest BCUT2D eigenvalue weighted by atomic mass is 32.1. The van der Waals surface area contributed by atoms with E-state index in [1.54, 1.807) is 12.1 Å². The molecule has 106 valence electrons. The van der Waals surface area contributed by atoms with Crippen LogP contribution in [0.3, 0.4) is 0 Å². The molecule has 0 saturated heterocycles. The van der Waals surface area contributed by atoms with Crippen molar-refractivity contribution < 1.29 is 9.29 Å². The molecule has 0 unspecified atom stereocenters. The molecule has 5 heteroatoms. The number of halogens is 1. The molecule has 0 aliphatic heterocycles. The maximum Gasteiger partial charge on any atom is 0.166 e. The Balaban J connectivity index is 2.29. The van der Waals surface area contributed by atoms with Crippen LogP contribution in [0.25, 0.3) is 0 Å². The largest absolute Gasteiger partial charge is 0.362 e. The summed E-state index contributed by atoms with van der Waals surface area (Å²) in [6.07, 6.45) is 1.08. The third kappa shape index (κ3) is 6.50.